The molecule has 4 N–H and O–H groups in total. The van der Waals surface area contributed by atoms with E-state index in [1.54, 1.807) is 6.92 Å². The lowest BCUT2D eigenvalue weighted by Crippen LogP contribution is -2.43. The minimum Gasteiger partial charge on any atom is -0.480 e. The lowest BCUT2D eigenvalue weighted by atomic mass is 10.3. The predicted molar refractivity (Wildman–Crippen MR) is 98.8 cm³/mol. The normalized spacial score (nSPS) is 15.8. The highest BCUT2D eigenvalue weighted by molar-refractivity contribution is 8.00. The van der Waals surface area contributed by atoms with Crippen molar-refractivity contribution in [3.05, 3.63) is 0 Å². The Hall–Kier alpha value is -2.22. The van der Waals surface area contributed by atoms with E-state index in [2.05, 4.69) is 4.40 Å². The summed E-state index contributed by atoms with van der Waals surface area (Å²) in [6.45, 7) is -0.467. The summed E-state index contributed by atoms with van der Waals surface area (Å²) in [6.07, 6.45) is 0. The first-order valence-electron chi connectivity index (χ1n) is 7.67. The first kappa shape index (κ1) is 25.8. The Morgan fingerprint density at radius 2 is 1.21 bits per heavy atom. The molecule has 0 saturated heterocycles. The third kappa shape index (κ3) is 12.2. The Balaban J connectivity index is 0.000000749. The van der Waals surface area contributed by atoms with Crippen molar-refractivity contribution in [3.8, 4) is 0 Å². The smallest absolute Gasteiger partial charge is 0.317 e. The third-order valence-electron chi connectivity index (χ3n) is 3.03. The third-order valence-corrected chi connectivity index (χ3v) is 4.22. The highest BCUT2D eigenvalue weighted by atomic mass is 35.5. The Kier molecular flexibility index (Phi) is 12.0. The van der Waals surface area contributed by atoms with Crippen molar-refractivity contribution in [1.29, 1.82) is 0 Å². The van der Waals surface area contributed by atoms with Gasteiger partial charge in [0.15, 0.2) is 5.17 Å². The summed E-state index contributed by atoms with van der Waals surface area (Å²) in [6, 6.07) is 0. The largest absolute Gasteiger partial charge is 0.480 e. The molecule has 1 aliphatic rings. The Bertz CT molecular complexity index is 576. The number of hydrogen-bond acceptors (Lipinski definition) is 9. The van der Waals surface area contributed by atoms with Crippen molar-refractivity contribution in [2.45, 2.75) is 12.2 Å². The second-order valence-electron chi connectivity index (χ2n) is 5.49. The molecule has 0 radical (unpaired) electrons. The van der Waals surface area contributed by atoms with Crippen molar-refractivity contribution in [2.75, 3.05) is 39.3 Å². The molecule has 0 aromatic heterocycles. The van der Waals surface area contributed by atoms with E-state index in [4.69, 9.17) is 32.0 Å². The fraction of sp³-hybridized carbons (Fsp3) is 0.571. The first-order chi connectivity index (χ1) is 12.9. The highest BCUT2D eigenvalue weighted by Crippen LogP contribution is 2.22. The minimum atomic E-state index is -1.23. The van der Waals surface area contributed by atoms with Crippen LogP contribution in [0.15, 0.2) is 4.40 Å². The van der Waals surface area contributed by atoms with Crippen LogP contribution >= 0.6 is 23.5 Å². The second kappa shape index (κ2) is 13.0. The molecule has 0 aromatic rings. The van der Waals surface area contributed by atoms with E-state index in [9.17, 15) is 24.0 Å². The van der Waals surface area contributed by atoms with Gasteiger partial charge in [-0.1, -0.05) is 11.6 Å². The summed E-state index contributed by atoms with van der Waals surface area (Å²) in [7, 11) is 0. The molecule has 0 spiro atoms. The van der Waals surface area contributed by atoms with E-state index in [1.807, 2.05) is 0 Å². The molecule has 1 heterocycles. The topological polar surface area (TPSA) is 185 Å². The van der Waals surface area contributed by atoms with Gasteiger partial charge in [-0.05, 0) is 18.9 Å². The van der Waals surface area contributed by atoms with Gasteiger partial charge in [-0.15, -0.1) is 0 Å². The Labute approximate surface area is 168 Å². The fourth-order valence-corrected chi connectivity index (χ4v) is 2.76. The van der Waals surface area contributed by atoms with Crippen LogP contribution in [-0.4, -0.2) is 110 Å². The average Bonchev–Trinajstić information content (AvgIpc) is 2.82. The van der Waals surface area contributed by atoms with E-state index in [1.165, 1.54) is 11.9 Å². The molecule has 0 saturated carbocycles. The molecule has 0 bridgehead atoms. The number of hydrogen-bond donors (Lipinski definition) is 4. The maximum absolute atomic E-state index is 10.6. The standard InChI is InChI=1S/C10H16N2O8.C4H4ClNOS/c13-7(14)3-11(4-8(15)16)1-2-12(5-9(17)18)6-10(19)20;1-2-3(7)4(5)6-8-2/h1-6H2,(H,13,14)(H,15,16)(H,17,18)(H,19,20);2H,1H3. The maximum atomic E-state index is 10.6. The van der Waals surface area contributed by atoms with Gasteiger partial charge < -0.3 is 20.4 Å². The van der Waals surface area contributed by atoms with Crippen LogP contribution in [0.4, 0.5) is 0 Å². The van der Waals surface area contributed by atoms with Gasteiger partial charge in [-0.2, -0.15) is 4.40 Å². The van der Waals surface area contributed by atoms with Crippen LogP contribution in [0.1, 0.15) is 6.92 Å². The lowest BCUT2D eigenvalue weighted by Gasteiger charge is -2.23. The van der Waals surface area contributed by atoms with Gasteiger partial charge in [-0.3, -0.25) is 33.8 Å². The monoisotopic (exact) mass is 441 g/mol. The number of Topliss-reactive ketones (excluding diaryl/α,β-unsaturated/α-hetero) is 1. The molecule has 1 unspecified atom stereocenters. The molecule has 28 heavy (non-hydrogen) atoms. The molecular formula is C14H20ClN3O9S. The number of carboxylic acid groups (broad SMARTS) is 4. The zero-order valence-corrected chi connectivity index (χ0v) is 16.4. The number of carbonyl (C=O) groups excluding carboxylic acids is 1. The van der Waals surface area contributed by atoms with Crippen LogP contribution in [0.3, 0.4) is 0 Å². The molecule has 1 atom stereocenters. The van der Waals surface area contributed by atoms with Crippen LogP contribution in [0.2, 0.25) is 0 Å². The molecule has 1 rings (SSSR count). The number of halogens is 1. The number of nitrogens with zero attached hydrogens (tertiary/aromatic N) is 3. The zero-order chi connectivity index (χ0) is 21.9. The summed E-state index contributed by atoms with van der Waals surface area (Å²) < 4.78 is 3.65. The van der Waals surface area contributed by atoms with Gasteiger partial charge in [0.2, 0.25) is 5.78 Å². The van der Waals surface area contributed by atoms with Gasteiger partial charge in [0, 0.05) is 13.1 Å². The fourth-order valence-electron chi connectivity index (χ4n) is 1.86. The molecule has 0 aromatic carbocycles. The molecule has 0 amide bonds. The van der Waals surface area contributed by atoms with Gasteiger partial charge in [-0.25, -0.2) is 0 Å². The van der Waals surface area contributed by atoms with E-state index >= 15 is 0 Å². The van der Waals surface area contributed by atoms with Gasteiger partial charge in [0.1, 0.15) is 0 Å². The van der Waals surface area contributed by atoms with Crippen LogP contribution in [0.5, 0.6) is 0 Å². The SMILES string of the molecule is CC1SN=C(Cl)C1=O.O=C(O)CN(CCN(CC(=O)O)CC(=O)O)CC(=O)O. The second-order valence-corrected chi connectivity index (χ2v) is 6.95. The molecule has 0 fully saturated rings. The average molecular weight is 442 g/mol. The zero-order valence-electron chi connectivity index (χ0n) is 14.8. The summed E-state index contributed by atoms with van der Waals surface area (Å²) >= 11 is 6.56. The van der Waals surface area contributed by atoms with E-state index < -0.39 is 50.1 Å². The number of carbonyl (C=O) groups is 5. The summed E-state index contributed by atoms with van der Waals surface area (Å²) in [5.41, 5.74) is 0. The molecule has 12 nitrogen and oxygen atoms in total. The first-order valence-corrected chi connectivity index (χ1v) is 8.89. The predicted octanol–water partition coefficient (Wildman–Crippen LogP) is -0.828. The van der Waals surface area contributed by atoms with Gasteiger partial charge >= 0.3 is 23.9 Å². The summed E-state index contributed by atoms with van der Waals surface area (Å²) in [4.78, 5) is 55.0. The molecular weight excluding hydrogens is 422 g/mol. The quantitative estimate of drug-likeness (QED) is 0.292. The van der Waals surface area contributed by atoms with Crippen LogP contribution in [0, 0.1) is 0 Å². The number of rotatable bonds is 11. The number of carboxylic acids is 4. The number of ketones is 1. The summed E-state index contributed by atoms with van der Waals surface area (Å²) in [5.74, 6) is -4.97. The van der Waals surface area contributed by atoms with Crippen LogP contribution in [0.25, 0.3) is 0 Å². The molecule has 14 heteroatoms. The van der Waals surface area contributed by atoms with Crippen molar-refractivity contribution < 1.29 is 44.4 Å². The van der Waals surface area contributed by atoms with Crippen LogP contribution in [-0.2, 0) is 24.0 Å². The molecule has 0 aliphatic carbocycles. The summed E-state index contributed by atoms with van der Waals surface area (Å²) in [5, 5.41) is 34.5. The van der Waals surface area contributed by atoms with Crippen molar-refractivity contribution in [3.63, 3.8) is 0 Å². The van der Waals surface area contributed by atoms with Crippen molar-refractivity contribution >= 4 is 58.4 Å². The maximum Gasteiger partial charge on any atom is 0.317 e. The molecule has 1 aliphatic heterocycles. The van der Waals surface area contributed by atoms with Crippen molar-refractivity contribution in [1.82, 2.24) is 9.80 Å². The lowest BCUT2D eigenvalue weighted by molar-refractivity contribution is -0.145. The Morgan fingerprint density at radius 3 is 1.36 bits per heavy atom. The van der Waals surface area contributed by atoms with Gasteiger partial charge in [0.25, 0.3) is 0 Å². The van der Waals surface area contributed by atoms with E-state index in [0.717, 1.165) is 9.80 Å². The Morgan fingerprint density at radius 1 is 0.893 bits per heavy atom. The number of aliphatic carboxylic acids is 4. The minimum absolute atomic E-state index is 0.0586. The van der Waals surface area contributed by atoms with E-state index in [0.29, 0.717) is 0 Å². The highest BCUT2D eigenvalue weighted by Gasteiger charge is 2.24. The van der Waals surface area contributed by atoms with Crippen LogP contribution < -0.4 is 0 Å². The van der Waals surface area contributed by atoms with Gasteiger partial charge in [0.05, 0.1) is 31.4 Å². The van der Waals surface area contributed by atoms with E-state index in [-0.39, 0.29) is 29.3 Å². The van der Waals surface area contributed by atoms with Crippen molar-refractivity contribution in [2.24, 2.45) is 4.40 Å². The molecule has 158 valence electrons.